The van der Waals surface area contributed by atoms with Crippen molar-refractivity contribution in [1.82, 2.24) is 0 Å². The van der Waals surface area contributed by atoms with Gasteiger partial charge in [-0.05, 0) is 0 Å². The third-order valence-electron chi connectivity index (χ3n) is 1.98. The van der Waals surface area contributed by atoms with Crippen molar-refractivity contribution in [3.63, 3.8) is 0 Å². The van der Waals surface area contributed by atoms with Gasteiger partial charge in [-0.1, -0.05) is 0 Å². The van der Waals surface area contributed by atoms with Crippen molar-refractivity contribution in [2.24, 2.45) is 0 Å². The Morgan fingerprint density at radius 1 is 1.50 bits per heavy atom. The van der Waals surface area contributed by atoms with Crippen LogP contribution in [0.5, 0.6) is 0 Å². The molecular weight excluding hydrogens is 164 g/mol. The Morgan fingerprint density at radius 2 is 2.17 bits per heavy atom. The van der Waals surface area contributed by atoms with Crippen LogP contribution in [-0.2, 0) is 9.47 Å². The highest BCUT2D eigenvalue weighted by Crippen LogP contribution is 2.20. The molecular formula is C7H14O5. The SMILES string of the molecule is COC1C[C@@H](O)C(O)C(CO)O1. The normalized spacial score (nSPS) is 43.0. The van der Waals surface area contributed by atoms with Gasteiger partial charge in [0.1, 0.15) is 12.2 Å². The topological polar surface area (TPSA) is 79.2 Å². The van der Waals surface area contributed by atoms with E-state index >= 15 is 0 Å². The second-order valence-electron chi connectivity index (χ2n) is 2.82. The van der Waals surface area contributed by atoms with Crippen molar-refractivity contribution >= 4 is 0 Å². The van der Waals surface area contributed by atoms with Gasteiger partial charge in [-0.2, -0.15) is 0 Å². The molecule has 3 N–H and O–H groups in total. The first kappa shape index (κ1) is 9.88. The Morgan fingerprint density at radius 3 is 2.67 bits per heavy atom. The molecule has 0 spiro atoms. The molecule has 5 nitrogen and oxygen atoms in total. The van der Waals surface area contributed by atoms with E-state index in [0.717, 1.165) is 0 Å². The summed E-state index contributed by atoms with van der Waals surface area (Å²) in [6.07, 6.45) is -2.98. The first-order chi connectivity index (χ1) is 5.69. The van der Waals surface area contributed by atoms with Crippen LogP contribution in [0.2, 0.25) is 0 Å². The summed E-state index contributed by atoms with van der Waals surface area (Å²) in [5.74, 6) is 0. The maximum atomic E-state index is 9.26. The Hall–Kier alpha value is -0.200. The molecule has 0 aliphatic carbocycles. The molecule has 1 aliphatic heterocycles. The molecule has 1 heterocycles. The van der Waals surface area contributed by atoms with E-state index in [4.69, 9.17) is 14.6 Å². The summed E-state index contributed by atoms with van der Waals surface area (Å²) in [5, 5.41) is 27.3. The van der Waals surface area contributed by atoms with Crippen LogP contribution >= 0.6 is 0 Å². The Labute approximate surface area is 70.5 Å². The predicted octanol–water partition coefficient (Wildman–Crippen LogP) is -1.54. The minimum atomic E-state index is -1.03. The van der Waals surface area contributed by atoms with Gasteiger partial charge in [0.2, 0.25) is 0 Å². The second kappa shape index (κ2) is 4.15. The number of hydrogen-bond acceptors (Lipinski definition) is 5. The average molecular weight is 178 g/mol. The van der Waals surface area contributed by atoms with Gasteiger partial charge in [-0.25, -0.2) is 0 Å². The highest BCUT2D eigenvalue weighted by Gasteiger charge is 2.36. The quantitative estimate of drug-likeness (QED) is 0.477. The summed E-state index contributed by atoms with van der Waals surface area (Å²) in [4.78, 5) is 0. The molecule has 0 saturated carbocycles. The zero-order chi connectivity index (χ0) is 9.14. The highest BCUT2D eigenvalue weighted by atomic mass is 16.7. The average Bonchev–Trinajstić information content (AvgIpc) is 2.09. The summed E-state index contributed by atoms with van der Waals surface area (Å²) in [6, 6.07) is 0. The first-order valence-electron chi connectivity index (χ1n) is 3.84. The van der Waals surface area contributed by atoms with Gasteiger partial charge in [-0.15, -0.1) is 0 Å². The van der Waals surface area contributed by atoms with Gasteiger partial charge < -0.3 is 24.8 Å². The van der Waals surface area contributed by atoms with E-state index in [1.165, 1.54) is 7.11 Å². The first-order valence-corrected chi connectivity index (χ1v) is 3.84. The van der Waals surface area contributed by atoms with Crippen molar-refractivity contribution in [2.75, 3.05) is 13.7 Å². The lowest BCUT2D eigenvalue weighted by atomic mass is 10.0. The smallest absolute Gasteiger partial charge is 0.160 e. The van der Waals surface area contributed by atoms with Crippen LogP contribution in [0, 0.1) is 0 Å². The number of aliphatic hydroxyl groups is 3. The fraction of sp³-hybridized carbons (Fsp3) is 1.00. The third-order valence-corrected chi connectivity index (χ3v) is 1.98. The lowest BCUT2D eigenvalue weighted by Gasteiger charge is -2.35. The van der Waals surface area contributed by atoms with Gasteiger partial charge in [0.15, 0.2) is 6.29 Å². The highest BCUT2D eigenvalue weighted by molar-refractivity contribution is 4.81. The maximum absolute atomic E-state index is 9.26. The lowest BCUT2D eigenvalue weighted by Crippen LogP contribution is -2.50. The Balaban J connectivity index is 2.52. The van der Waals surface area contributed by atoms with Gasteiger partial charge in [-0.3, -0.25) is 0 Å². The fourth-order valence-corrected chi connectivity index (χ4v) is 1.22. The molecule has 0 amide bonds. The summed E-state index contributed by atoms with van der Waals surface area (Å²) in [7, 11) is 1.45. The van der Waals surface area contributed by atoms with Gasteiger partial charge in [0, 0.05) is 13.5 Å². The van der Waals surface area contributed by atoms with Crippen LogP contribution in [0.4, 0.5) is 0 Å². The van der Waals surface area contributed by atoms with E-state index in [-0.39, 0.29) is 13.0 Å². The molecule has 1 rings (SSSR count). The second-order valence-corrected chi connectivity index (χ2v) is 2.82. The van der Waals surface area contributed by atoms with Gasteiger partial charge >= 0.3 is 0 Å². The van der Waals surface area contributed by atoms with E-state index in [1.807, 2.05) is 0 Å². The van der Waals surface area contributed by atoms with Crippen LogP contribution in [0.3, 0.4) is 0 Å². The molecule has 0 bridgehead atoms. The Kier molecular flexibility index (Phi) is 3.42. The van der Waals surface area contributed by atoms with Crippen LogP contribution in [0.15, 0.2) is 0 Å². The molecule has 0 aromatic carbocycles. The summed E-state index contributed by atoms with van der Waals surface area (Å²) in [5.41, 5.74) is 0. The number of hydrogen-bond donors (Lipinski definition) is 3. The minimum Gasteiger partial charge on any atom is -0.394 e. The molecule has 1 fully saturated rings. The Bertz CT molecular complexity index is 140. The molecule has 0 radical (unpaired) electrons. The zero-order valence-corrected chi connectivity index (χ0v) is 6.88. The van der Waals surface area contributed by atoms with Crippen molar-refractivity contribution in [2.45, 2.75) is 31.0 Å². The number of ether oxygens (including phenoxy) is 2. The van der Waals surface area contributed by atoms with Crippen LogP contribution in [-0.4, -0.2) is 53.6 Å². The molecule has 4 atom stereocenters. The van der Waals surface area contributed by atoms with Crippen molar-refractivity contribution < 1.29 is 24.8 Å². The molecule has 1 aliphatic rings. The van der Waals surface area contributed by atoms with Crippen LogP contribution in [0.25, 0.3) is 0 Å². The third kappa shape index (κ3) is 1.94. The molecule has 5 heteroatoms. The number of methoxy groups -OCH3 is 1. The summed E-state index contributed by atoms with van der Waals surface area (Å²) < 4.78 is 9.92. The summed E-state index contributed by atoms with van der Waals surface area (Å²) >= 11 is 0. The monoisotopic (exact) mass is 178 g/mol. The van der Waals surface area contributed by atoms with Crippen molar-refractivity contribution in [3.05, 3.63) is 0 Å². The lowest BCUT2D eigenvalue weighted by molar-refractivity contribution is -0.248. The minimum absolute atomic E-state index is 0.230. The van der Waals surface area contributed by atoms with E-state index in [0.29, 0.717) is 0 Å². The summed E-state index contributed by atoms with van der Waals surface area (Å²) in [6.45, 7) is -0.321. The molecule has 0 aromatic rings. The van der Waals surface area contributed by atoms with Crippen molar-refractivity contribution in [1.29, 1.82) is 0 Å². The predicted molar refractivity (Wildman–Crippen MR) is 39.4 cm³/mol. The van der Waals surface area contributed by atoms with Gasteiger partial charge in [0.25, 0.3) is 0 Å². The van der Waals surface area contributed by atoms with Gasteiger partial charge in [0.05, 0.1) is 12.7 Å². The zero-order valence-electron chi connectivity index (χ0n) is 6.88. The standard InChI is InChI=1S/C7H14O5/c1-11-6-2-4(9)7(10)5(3-8)12-6/h4-10H,2-3H2,1H3/t4-,5?,6?,7?/m1/s1. The molecule has 3 unspecified atom stereocenters. The van der Waals surface area contributed by atoms with E-state index in [9.17, 15) is 10.2 Å². The number of aliphatic hydroxyl groups excluding tert-OH is 3. The van der Waals surface area contributed by atoms with Crippen molar-refractivity contribution in [3.8, 4) is 0 Å². The van der Waals surface area contributed by atoms with Crippen LogP contribution < -0.4 is 0 Å². The van der Waals surface area contributed by atoms with E-state index in [2.05, 4.69) is 0 Å². The maximum Gasteiger partial charge on any atom is 0.160 e. The fourth-order valence-electron chi connectivity index (χ4n) is 1.22. The van der Waals surface area contributed by atoms with Crippen LogP contribution in [0.1, 0.15) is 6.42 Å². The largest absolute Gasteiger partial charge is 0.394 e. The van der Waals surface area contributed by atoms with E-state index < -0.39 is 24.6 Å². The molecule has 1 saturated heterocycles. The molecule has 0 aromatic heterocycles. The van der Waals surface area contributed by atoms with E-state index in [1.54, 1.807) is 0 Å². The number of rotatable bonds is 2. The molecule has 12 heavy (non-hydrogen) atoms. The molecule has 72 valence electrons.